The van der Waals surface area contributed by atoms with Gasteiger partial charge in [-0.3, -0.25) is 4.79 Å². The molecule has 0 amide bonds. The van der Waals surface area contributed by atoms with Crippen molar-refractivity contribution in [2.24, 2.45) is 5.72 Å². The fraction of sp³-hybridized carbons (Fsp3) is 0.222. The first-order valence-corrected chi connectivity index (χ1v) is 3.62. The number of carboxylic acid groups (broad SMARTS) is 1. The van der Waals surface area contributed by atoms with Crippen LogP contribution in [0.3, 0.4) is 0 Å². The van der Waals surface area contributed by atoms with Crippen LogP contribution in [0.25, 0.3) is 0 Å². The summed E-state index contributed by atoms with van der Waals surface area (Å²) in [5.74, 6) is -1.14. The monoisotopic (exact) mass is 185 g/mol. The molecule has 4 N–H and O–H groups in total. The van der Waals surface area contributed by atoms with Crippen LogP contribution in [0.2, 0.25) is 2.82 Å². The van der Waals surface area contributed by atoms with Crippen LogP contribution < -0.4 is 5.72 Å². The highest BCUT2D eigenvalue weighted by atomic mass is 16.4. The molecule has 1 aromatic carbocycles. The summed E-state index contributed by atoms with van der Waals surface area (Å²) in [5, 5.41) is 13.0. The highest BCUT2D eigenvalue weighted by molar-refractivity contribution is 5.73. The summed E-state index contributed by atoms with van der Waals surface area (Å²) in [6, 6.07) is 4.13. The second kappa shape index (κ2) is 3.91. The lowest BCUT2D eigenvalue weighted by Gasteiger charge is -2.05. The Bertz CT molecular complexity index is 384. The molecule has 1 rings (SSSR count). The zero-order valence-electron chi connectivity index (χ0n) is 10.7. The van der Waals surface area contributed by atoms with E-state index in [0.29, 0.717) is 5.56 Å². The summed E-state index contributed by atoms with van der Waals surface area (Å²) in [4.78, 5) is 10.8. The van der Waals surface area contributed by atoms with E-state index in [2.05, 4.69) is 5.11 Å². The van der Waals surface area contributed by atoms with Crippen LogP contribution in [0.5, 0.6) is 5.75 Å². The quantitative estimate of drug-likeness (QED) is 0.618. The summed E-state index contributed by atoms with van der Waals surface area (Å²) in [6.07, 6.45) is -1.26. The normalized spacial score (nSPS) is 19.2. The lowest BCUT2D eigenvalue weighted by Crippen LogP contribution is -2.32. The first-order chi connectivity index (χ1) is 7.97. The number of phenolic OH excluding ortho intramolecular Hbond substituents is 1. The SMILES string of the molecule is [2H]Oc1ccc(C([2H])[C@@H](C(=O)O)N([2H])[2H])cc1. The number of carbonyl (C=O) groups is 1. The van der Waals surface area contributed by atoms with Crippen molar-refractivity contribution >= 4 is 5.97 Å². The molecular formula is C9H11NO3. The zero-order chi connectivity index (χ0) is 13.0. The molecule has 0 radical (unpaired) electrons. The van der Waals surface area contributed by atoms with E-state index in [-0.39, 0.29) is 11.5 Å². The average molecular weight is 185 g/mol. The van der Waals surface area contributed by atoms with E-state index in [9.17, 15) is 4.79 Å². The van der Waals surface area contributed by atoms with E-state index in [0.717, 1.165) is 0 Å². The van der Waals surface area contributed by atoms with Crippen molar-refractivity contribution in [1.29, 1.82) is 1.43 Å². The number of nitrogens with two attached hydrogens (primary N) is 1. The molecule has 0 aliphatic carbocycles. The third-order valence-electron chi connectivity index (χ3n) is 1.48. The van der Waals surface area contributed by atoms with Crippen LogP contribution in [0, 0.1) is 0 Å². The van der Waals surface area contributed by atoms with E-state index < -0.39 is 18.4 Å². The largest absolute Gasteiger partial charge is 0.508 e. The summed E-state index contributed by atoms with van der Waals surface area (Å²) < 4.78 is 28.3. The number of hydrogen-bond acceptors (Lipinski definition) is 3. The molecule has 0 aromatic heterocycles. The molecule has 0 spiro atoms. The second-order valence-electron chi connectivity index (χ2n) is 2.52. The highest BCUT2D eigenvalue weighted by Gasteiger charge is 2.11. The molecule has 0 bridgehead atoms. The highest BCUT2D eigenvalue weighted by Crippen LogP contribution is 2.10. The van der Waals surface area contributed by atoms with Crippen LogP contribution in [-0.4, -0.2) is 23.7 Å². The van der Waals surface area contributed by atoms with Gasteiger partial charge in [-0.25, -0.2) is 0 Å². The lowest BCUT2D eigenvalue weighted by molar-refractivity contribution is -0.138. The van der Waals surface area contributed by atoms with Gasteiger partial charge in [-0.1, -0.05) is 12.1 Å². The molecule has 4 heteroatoms. The number of phenols is 1. The number of benzene rings is 1. The van der Waals surface area contributed by atoms with Gasteiger partial charge in [0, 0.05) is 1.37 Å². The van der Waals surface area contributed by atoms with Crippen molar-refractivity contribution in [3.05, 3.63) is 29.8 Å². The predicted octanol–water partition coefficient (Wildman–Crippen LogP) is 0.347. The van der Waals surface area contributed by atoms with Gasteiger partial charge in [0.15, 0.2) is 0 Å². The average Bonchev–Trinajstić information content (AvgIpc) is 2.28. The third kappa shape index (κ3) is 2.76. The smallest absolute Gasteiger partial charge is 0.320 e. The van der Waals surface area contributed by atoms with Gasteiger partial charge in [0.1, 0.15) is 14.6 Å². The number of carboxylic acids is 1. The summed E-state index contributed by atoms with van der Waals surface area (Å²) >= 11 is 0. The minimum atomic E-state index is -1.57. The summed E-state index contributed by atoms with van der Waals surface area (Å²) in [7, 11) is 0. The van der Waals surface area contributed by atoms with E-state index in [1.165, 1.54) is 24.3 Å². The number of hydrogen-bond donors (Lipinski definition) is 3. The minimum Gasteiger partial charge on any atom is -0.508 e. The molecule has 1 aromatic rings. The fourth-order valence-corrected chi connectivity index (χ4v) is 0.833. The molecule has 4 nitrogen and oxygen atoms in total. The molecule has 0 saturated carbocycles. The van der Waals surface area contributed by atoms with Gasteiger partial charge in [-0.15, -0.1) is 0 Å². The van der Waals surface area contributed by atoms with Crippen molar-refractivity contribution in [3.8, 4) is 5.75 Å². The Labute approximate surface area is 81.4 Å². The molecule has 0 heterocycles. The van der Waals surface area contributed by atoms with Crippen molar-refractivity contribution in [1.82, 2.24) is 0 Å². The molecule has 2 atom stereocenters. The molecule has 0 aliphatic rings. The van der Waals surface area contributed by atoms with Gasteiger partial charge in [-0.05, 0) is 24.1 Å². The van der Waals surface area contributed by atoms with Gasteiger partial charge in [-0.2, -0.15) is 0 Å². The van der Waals surface area contributed by atoms with Crippen LogP contribution in [-0.2, 0) is 11.2 Å². The number of aromatic hydroxyl groups is 1. The molecule has 1 unspecified atom stereocenters. The van der Waals surface area contributed by atoms with Crippen LogP contribution in [0.15, 0.2) is 24.3 Å². The van der Waals surface area contributed by atoms with Crippen LogP contribution >= 0.6 is 0 Å². The molecular weight excluding hydrogens is 170 g/mol. The van der Waals surface area contributed by atoms with E-state index in [4.69, 9.17) is 10.7 Å². The maximum absolute atomic E-state index is 10.8. The Hall–Kier alpha value is -1.55. The number of rotatable bonds is 5. The Balaban J connectivity index is 2.93. The van der Waals surface area contributed by atoms with Crippen molar-refractivity contribution in [3.63, 3.8) is 0 Å². The Morgan fingerprint density at radius 1 is 1.69 bits per heavy atom. The maximum Gasteiger partial charge on any atom is 0.320 e. The van der Waals surface area contributed by atoms with Crippen molar-refractivity contribution in [2.45, 2.75) is 12.4 Å². The minimum absolute atomic E-state index is 0.00506. The Kier molecular flexibility index (Phi) is 1.58. The van der Waals surface area contributed by atoms with Crippen LogP contribution in [0.4, 0.5) is 0 Å². The maximum atomic E-state index is 10.8. The molecule has 70 valence electrons. The molecule has 13 heavy (non-hydrogen) atoms. The van der Waals surface area contributed by atoms with E-state index in [1.807, 2.05) is 0 Å². The first kappa shape index (κ1) is 5.24. The Morgan fingerprint density at radius 3 is 2.85 bits per heavy atom. The van der Waals surface area contributed by atoms with Crippen LogP contribution in [0.1, 0.15) is 6.93 Å². The van der Waals surface area contributed by atoms with Crippen molar-refractivity contribution in [2.75, 3.05) is 0 Å². The fourth-order valence-electron chi connectivity index (χ4n) is 0.833. The van der Waals surface area contributed by atoms with Gasteiger partial charge >= 0.3 is 5.97 Å². The van der Waals surface area contributed by atoms with Gasteiger partial charge in [0.05, 0.1) is 0 Å². The van der Waals surface area contributed by atoms with E-state index >= 15 is 0 Å². The van der Waals surface area contributed by atoms with Gasteiger partial charge in [0.25, 0.3) is 1.43 Å². The first-order valence-electron chi connectivity index (χ1n) is 5.50. The summed E-state index contributed by atoms with van der Waals surface area (Å²) in [5.41, 5.74) is 0.331. The van der Waals surface area contributed by atoms with Gasteiger partial charge < -0.3 is 15.9 Å². The Morgan fingerprint density at radius 2 is 2.38 bits per heavy atom. The third-order valence-corrected chi connectivity index (χ3v) is 1.48. The standard InChI is InChI=1S/C9H11NO3/c10-8(9(12)13)5-6-1-3-7(11)4-2-6/h1-4,8,11H,5,10H2,(H,12,13)/t8-/m0/s1/i5D/hD3/t5?,8-. The van der Waals surface area contributed by atoms with Gasteiger partial charge in [0.2, 0.25) is 0 Å². The number of aliphatic carboxylic acids is 1. The van der Waals surface area contributed by atoms with Crippen molar-refractivity contribution < 1.29 is 19.2 Å². The topological polar surface area (TPSA) is 83.5 Å². The molecule has 0 fully saturated rings. The zero-order valence-corrected chi connectivity index (χ0v) is 6.68. The predicted molar refractivity (Wildman–Crippen MR) is 47.4 cm³/mol. The second-order valence-corrected chi connectivity index (χ2v) is 2.52. The van der Waals surface area contributed by atoms with E-state index in [1.54, 1.807) is 0 Å². The molecule has 0 saturated heterocycles. The lowest BCUT2D eigenvalue weighted by atomic mass is 10.1. The molecule has 0 aliphatic heterocycles. The summed E-state index contributed by atoms with van der Waals surface area (Å²) in [6.45, 7) is 0.